The van der Waals surface area contributed by atoms with Crippen LogP contribution in [0.5, 0.6) is 0 Å². The number of nitrogens with one attached hydrogen (secondary N) is 2. The molecule has 0 spiro atoms. The van der Waals surface area contributed by atoms with Gasteiger partial charge in [-0.25, -0.2) is 19.4 Å². The summed E-state index contributed by atoms with van der Waals surface area (Å²) in [5, 5.41) is 9.67. The van der Waals surface area contributed by atoms with Crippen LogP contribution in [0.3, 0.4) is 0 Å². The number of morpholine rings is 1. The maximum atomic E-state index is 13.3. The van der Waals surface area contributed by atoms with Crippen molar-refractivity contribution < 1.29 is 14.3 Å². The van der Waals surface area contributed by atoms with E-state index in [1.165, 1.54) is 0 Å². The van der Waals surface area contributed by atoms with E-state index in [0.29, 0.717) is 50.8 Å². The quantitative estimate of drug-likeness (QED) is 0.525. The van der Waals surface area contributed by atoms with Gasteiger partial charge in [-0.1, -0.05) is 0 Å². The Morgan fingerprint density at radius 3 is 2.50 bits per heavy atom. The van der Waals surface area contributed by atoms with Gasteiger partial charge in [0.1, 0.15) is 5.82 Å². The highest BCUT2D eigenvalue weighted by atomic mass is 16.5. The van der Waals surface area contributed by atoms with Crippen LogP contribution in [0.15, 0.2) is 36.7 Å². The first-order valence-electron chi connectivity index (χ1n) is 11.0. The summed E-state index contributed by atoms with van der Waals surface area (Å²) in [4.78, 5) is 37.1. The van der Waals surface area contributed by atoms with E-state index in [2.05, 4.69) is 30.6 Å². The summed E-state index contributed by atoms with van der Waals surface area (Å²) < 4.78 is 7.22. The fraction of sp³-hybridized carbons (Fsp3) is 0.318. The molecule has 5 rings (SSSR count). The molecule has 12 heteroatoms. The number of nitrogens with zero attached hydrogens (tertiary/aromatic N) is 6. The number of anilines is 4. The molecule has 176 valence electrons. The number of rotatable bonds is 4. The zero-order valence-corrected chi connectivity index (χ0v) is 18.7. The number of hydrogen-bond acceptors (Lipinski definition) is 8. The van der Waals surface area contributed by atoms with Crippen molar-refractivity contribution in [3.63, 3.8) is 0 Å². The van der Waals surface area contributed by atoms with Gasteiger partial charge in [-0.2, -0.15) is 5.10 Å². The van der Waals surface area contributed by atoms with E-state index in [1.807, 2.05) is 28.9 Å². The second-order valence-electron chi connectivity index (χ2n) is 7.97. The van der Waals surface area contributed by atoms with Crippen LogP contribution in [-0.2, 0) is 11.3 Å². The first-order chi connectivity index (χ1) is 16.5. The molecular formula is C22H25N9O3. The number of benzene rings is 1. The molecule has 1 fully saturated rings. The molecule has 1 saturated heterocycles. The highest BCUT2D eigenvalue weighted by Gasteiger charge is 2.26. The predicted octanol–water partition coefficient (Wildman–Crippen LogP) is 1.30. The molecule has 2 aliphatic rings. The van der Waals surface area contributed by atoms with Crippen molar-refractivity contribution in [2.75, 3.05) is 55.8 Å². The standard InChI is InChI=1S/C22H25N9O3/c1-24-22(33)27-18-11-19-30(2-3-31(19)28-18)17-9-14(16-12-25-21(23)26-13-16)8-15(10-17)20(32)29-4-6-34-7-5-29/h8-13H,2-7H2,1H3,(H2,23,25,26)(H2,24,27,28,33). The van der Waals surface area contributed by atoms with Crippen molar-refractivity contribution in [3.05, 3.63) is 42.2 Å². The molecule has 1 aromatic carbocycles. The van der Waals surface area contributed by atoms with E-state index in [4.69, 9.17) is 10.5 Å². The van der Waals surface area contributed by atoms with E-state index in [1.54, 1.807) is 24.3 Å². The normalized spacial score (nSPS) is 15.2. The Morgan fingerprint density at radius 2 is 1.76 bits per heavy atom. The van der Waals surface area contributed by atoms with Crippen LogP contribution >= 0.6 is 0 Å². The Hall–Kier alpha value is -4.19. The van der Waals surface area contributed by atoms with Gasteiger partial charge in [-0.15, -0.1) is 0 Å². The number of nitrogen functional groups attached to an aromatic ring is 1. The third-order valence-electron chi connectivity index (χ3n) is 5.82. The van der Waals surface area contributed by atoms with Gasteiger partial charge in [0.25, 0.3) is 5.91 Å². The Bertz CT molecular complexity index is 1220. The maximum Gasteiger partial charge on any atom is 0.320 e. The van der Waals surface area contributed by atoms with Crippen LogP contribution in [0, 0.1) is 0 Å². The van der Waals surface area contributed by atoms with E-state index >= 15 is 0 Å². The summed E-state index contributed by atoms with van der Waals surface area (Å²) in [5.41, 5.74) is 8.61. The van der Waals surface area contributed by atoms with Crippen LogP contribution in [0.1, 0.15) is 10.4 Å². The molecule has 0 saturated carbocycles. The minimum absolute atomic E-state index is 0.0579. The Balaban J connectivity index is 1.53. The highest BCUT2D eigenvalue weighted by Crippen LogP contribution is 2.35. The van der Waals surface area contributed by atoms with E-state index in [0.717, 1.165) is 22.6 Å². The fourth-order valence-corrected chi connectivity index (χ4v) is 4.09. The number of ether oxygens (including phenoxy) is 1. The lowest BCUT2D eigenvalue weighted by molar-refractivity contribution is 0.0303. The Labute approximate surface area is 195 Å². The van der Waals surface area contributed by atoms with Crippen LogP contribution < -0.4 is 21.3 Å². The summed E-state index contributed by atoms with van der Waals surface area (Å²) in [6.07, 6.45) is 3.29. The molecule has 12 nitrogen and oxygen atoms in total. The number of fused-ring (bicyclic) bond motifs is 1. The molecule has 4 N–H and O–H groups in total. The molecule has 2 aromatic heterocycles. The molecular weight excluding hydrogens is 438 g/mol. The summed E-state index contributed by atoms with van der Waals surface area (Å²) in [7, 11) is 1.55. The topological polar surface area (TPSA) is 144 Å². The molecule has 3 amide bonds. The predicted molar refractivity (Wildman–Crippen MR) is 126 cm³/mol. The summed E-state index contributed by atoms with van der Waals surface area (Å²) >= 11 is 0. The number of carbonyl (C=O) groups is 2. The van der Waals surface area contributed by atoms with Crippen molar-refractivity contribution in [2.45, 2.75) is 6.54 Å². The highest BCUT2D eigenvalue weighted by molar-refractivity contribution is 5.97. The van der Waals surface area contributed by atoms with E-state index in [-0.39, 0.29) is 17.9 Å². The molecule has 0 bridgehead atoms. The van der Waals surface area contributed by atoms with Crippen LogP contribution in [-0.4, -0.2) is 76.5 Å². The smallest absolute Gasteiger partial charge is 0.320 e. The number of amides is 3. The summed E-state index contributed by atoms with van der Waals surface area (Å²) in [6.45, 7) is 3.47. The van der Waals surface area contributed by atoms with Gasteiger partial charge in [0.15, 0.2) is 5.82 Å². The van der Waals surface area contributed by atoms with Gasteiger partial charge in [-0.05, 0) is 23.8 Å². The molecule has 0 atom stereocenters. The van der Waals surface area contributed by atoms with E-state index < -0.39 is 0 Å². The van der Waals surface area contributed by atoms with Gasteiger partial charge in [-0.3, -0.25) is 10.1 Å². The number of urea groups is 1. The molecule has 0 unspecified atom stereocenters. The summed E-state index contributed by atoms with van der Waals surface area (Å²) in [6, 6.07) is 7.19. The van der Waals surface area contributed by atoms with Gasteiger partial charge in [0.05, 0.1) is 19.8 Å². The lowest BCUT2D eigenvalue weighted by Gasteiger charge is -2.27. The molecule has 3 aromatic rings. The third-order valence-corrected chi connectivity index (χ3v) is 5.82. The fourth-order valence-electron chi connectivity index (χ4n) is 4.09. The van der Waals surface area contributed by atoms with Crippen molar-refractivity contribution in [2.24, 2.45) is 0 Å². The van der Waals surface area contributed by atoms with Crippen LogP contribution in [0.4, 0.5) is 28.1 Å². The van der Waals surface area contributed by atoms with E-state index in [9.17, 15) is 9.59 Å². The minimum Gasteiger partial charge on any atom is -0.378 e. The first-order valence-corrected chi connectivity index (χ1v) is 11.0. The van der Waals surface area contributed by atoms with Gasteiger partial charge in [0, 0.05) is 62.0 Å². The van der Waals surface area contributed by atoms with Crippen LogP contribution in [0.2, 0.25) is 0 Å². The largest absolute Gasteiger partial charge is 0.378 e. The SMILES string of the molecule is CNC(=O)Nc1cc2n(n1)CCN2c1cc(C(=O)N2CCOCC2)cc(-c2cnc(N)nc2)c1. The molecule has 4 heterocycles. The van der Waals surface area contributed by atoms with Crippen molar-refractivity contribution in [3.8, 4) is 11.1 Å². The van der Waals surface area contributed by atoms with Crippen molar-refractivity contribution in [1.82, 2.24) is 30.0 Å². The average Bonchev–Trinajstić information content (AvgIpc) is 3.44. The molecule has 34 heavy (non-hydrogen) atoms. The molecule has 0 radical (unpaired) electrons. The zero-order chi connectivity index (χ0) is 23.7. The number of nitrogens with two attached hydrogens (primary N) is 1. The second-order valence-corrected chi connectivity index (χ2v) is 7.97. The average molecular weight is 464 g/mol. The van der Waals surface area contributed by atoms with Gasteiger partial charge < -0.3 is 25.6 Å². The van der Waals surface area contributed by atoms with Crippen molar-refractivity contribution in [1.29, 1.82) is 0 Å². The molecule has 0 aliphatic carbocycles. The van der Waals surface area contributed by atoms with Crippen molar-refractivity contribution >= 4 is 35.2 Å². The Morgan fingerprint density at radius 1 is 1.00 bits per heavy atom. The maximum absolute atomic E-state index is 13.3. The Kier molecular flexibility index (Phi) is 5.72. The second kappa shape index (κ2) is 8.98. The molecule has 2 aliphatic heterocycles. The number of hydrogen-bond donors (Lipinski definition) is 3. The zero-order valence-electron chi connectivity index (χ0n) is 18.7. The third kappa shape index (κ3) is 4.22. The van der Waals surface area contributed by atoms with Gasteiger partial charge >= 0.3 is 6.03 Å². The monoisotopic (exact) mass is 463 g/mol. The first kappa shape index (κ1) is 21.6. The number of carbonyl (C=O) groups excluding carboxylic acids is 2. The lowest BCUT2D eigenvalue weighted by atomic mass is 10.0. The number of aromatic nitrogens is 4. The summed E-state index contributed by atoms with van der Waals surface area (Å²) in [5.74, 6) is 1.40. The lowest BCUT2D eigenvalue weighted by Crippen LogP contribution is -2.40. The van der Waals surface area contributed by atoms with Gasteiger partial charge in [0.2, 0.25) is 5.95 Å². The van der Waals surface area contributed by atoms with Crippen LogP contribution in [0.25, 0.3) is 11.1 Å². The minimum atomic E-state index is -0.341.